The van der Waals surface area contributed by atoms with Crippen LogP contribution >= 0.6 is 23.5 Å². The molecular formula is C42H60F5N9O4S2. The molecule has 3 amide bonds. The second kappa shape index (κ2) is 30.2. The summed E-state index contributed by atoms with van der Waals surface area (Å²) in [5.74, 6) is -6.32. The zero-order chi connectivity index (χ0) is 47.5. The number of carbonyl (C=O) groups excluding carboxylic acids is 4. The number of rotatable bonds is 21. The van der Waals surface area contributed by atoms with Crippen molar-refractivity contribution >= 4 is 71.7 Å². The van der Waals surface area contributed by atoms with E-state index < -0.39 is 29.7 Å². The van der Waals surface area contributed by atoms with Crippen molar-refractivity contribution in [1.29, 1.82) is 5.41 Å². The summed E-state index contributed by atoms with van der Waals surface area (Å²) in [6.07, 6.45) is 5.15. The van der Waals surface area contributed by atoms with Crippen molar-refractivity contribution in [2.24, 2.45) is 16.5 Å². The Morgan fingerprint density at radius 2 is 1.34 bits per heavy atom. The molecule has 0 fully saturated rings. The van der Waals surface area contributed by atoms with Crippen LogP contribution in [-0.2, 0) is 27.9 Å². The number of carbonyl (C=O) groups is 4. The van der Waals surface area contributed by atoms with Gasteiger partial charge in [-0.1, -0.05) is 20.8 Å². The zero-order valence-electron chi connectivity index (χ0n) is 36.4. The minimum absolute atomic E-state index is 0.139. The SMILES string of the molecule is C=N.CCC(=O)CCCCNC.CCSc1c(C)cc(C(C)(F)F)cc1NC(=O)c1cc(C(=O)Nc2cc(C(C)(F)F)cc(CCCCN=C(N)F)c2SCC)ncn1.NC=O. The van der Waals surface area contributed by atoms with Gasteiger partial charge in [-0.15, -0.1) is 23.5 Å². The van der Waals surface area contributed by atoms with Crippen molar-refractivity contribution < 1.29 is 41.1 Å². The number of nitrogens with one attached hydrogen (secondary N) is 4. The van der Waals surface area contributed by atoms with E-state index in [0.717, 1.165) is 52.0 Å². The number of aryl methyl sites for hydroxylation is 2. The van der Waals surface area contributed by atoms with Gasteiger partial charge in [0.1, 0.15) is 23.5 Å². The van der Waals surface area contributed by atoms with Crippen LogP contribution in [0.25, 0.3) is 0 Å². The van der Waals surface area contributed by atoms with Crippen LogP contribution in [0.3, 0.4) is 0 Å². The van der Waals surface area contributed by atoms with Gasteiger partial charge in [0.15, 0.2) is 0 Å². The minimum Gasteiger partial charge on any atom is -0.372 e. The molecule has 2 aromatic carbocycles. The zero-order valence-corrected chi connectivity index (χ0v) is 38.0. The molecule has 0 aliphatic heterocycles. The number of halogens is 5. The van der Waals surface area contributed by atoms with Crippen molar-refractivity contribution in [3.8, 4) is 0 Å². The molecule has 0 atom stereocenters. The fourth-order valence-corrected chi connectivity index (χ4v) is 7.13. The third-order valence-corrected chi connectivity index (χ3v) is 10.5. The normalized spacial score (nSPS) is 11.1. The standard InChI is InChI=1S/C32H37F5N6O2S2.C8H17NO.CH3NO.CH3N/c1-6-46-26-18(3)12-20(31(4,34)35)14-22(26)42-28(44)24-16-25(41-17-40-24)29(45)43-23-15-21(32(5,36)37)13-19(27(23)47-7-2)10-8-9-11-39-30(33)38;1-3-8(10)6-4-5-7-9-2;2-1-3;1-2/h12-17H,6-11H2,1-5H3,(H2,38,39)(H,42,44)(H,43,45);9H,3-7H2,1-2H3;1H,(H2,2,3);2H,1H2. The van der Waals surface area contributed by atoms with Crippen molar-refractivity contribution in [2.75, 3.05) is 42.3 Å². The van der Waals surface area contributed by atoms with E-state index in [1.54, 1.807) is 6.92 Å². The molecule has 0 spiro atoms. The van der Waals surface area contributed by atoms with Crippen molar-refractivity contribution in [3.05, 3.63) is 70.3 Å². The number of nitrogens with two attached hydrogens (primary N) is 2. The van der Waals surface area contributed by atoms with E-state index in [0.29, 0.717) is 63.9 Å². The molecule has 1 heterocycles. The van der Waals surface area contributed by atoms with Crippen LogP contribution in [0.4, 0.5) is 33.3 Å². The number of amidine groups is 1. The monoisotopic (exact) mass is 913 g/mol. The van der Waals surface area contributed by atoms with Crippen LogP contribution in [0.15, 0.2) is 51.4 Å². The first-order chi connectivity index (χ1) is 29.3. The van der Waals surface area contributed by atoms with Gasteiger partial charge in [-0.05, 0) is 106 Å². The van der Waals surface area contributed by atoms with Gasteiger partial charge in [-0.25, -0.2) is 32.5 Å². The largest absolute Gasteiger partial charge is 0.372 e. The number of nitrogens with zero attached hydrogens (tertiary/aromatic N) is 3. The highest BCUT2D eigenvalue weighted by atomic mass is 32.2. The summed E-state index contributed by atoms with van der Waals surface area (Å²) in [6.45, 7) is 12.5. The van der Waals surface area contributed by atoms with Gasteiger partial charge in [-0.2, -0.15) is 4.39 Å². The summed E-state index contributed by atoms with van der Waals surface area (Å²) in [7, 11) is 1.93. The average Bonchev–Trinajstić information content (AvgIpc) is 3.21. The van der Waals surface area contributed by atoms with E-state index in [-0.39, 0.29) is 46.8 Å². The maximum atomic E-state index is 14.5. The molecule has 0 radical (unpaired) electrons. The Balaban J connectivity index is 0.00000213. The molecule has 0 aliphatic rings. The third kappa shape index (κ3) is 21.2. The van der Waals surface area contributed by atoms with E-state index >= 15 is 0 Å². The number of alkyl halides is 4. The number of primary amides is 1. The quantitative estimate of drug-likeness (QED) is 0.0113. The predicted octanol–water partition coefficient (Wildman–Crippen LogP) is 9.07. The Labute approximate surface area is 369 Å². The summed E-state index contributed by atoms with van der Waals surface area (Å²) in [5.41, 5.74) is 9.53. The van der Waals surface area contributed by atoms with Crippen LogP contribution in [0, 0.1) is 12.3 Å². The number of unbranched alkanes of at least 4 members (excludes halogenated alkanes) is 2. The Hall–Kier alpha value is -4.95. The first-order valence-corrected chi connectivity index (χ1v) is 21.7. The van der Waals surface area contributed by atoms with E-state index in [1.807, 2.05) is 27.8 Å². The van der Waals surface area contributed by atoms with Gasteiger partial charge < -0.3 is 32.8 Å². The van der Waals surface area contributed by atoms with Gasteiger partial charge >= 0.3 is 0 Å². The number of anilines is 2. The first-order valence-electron chi connectivity index (χ1n) is 19.7. The van der Waals surface area contributed by atoms with E-state index in [4.69, 9.17) is 15.9 Å². The van der Waals surface area contributed by atoms with Crippen molar-refractivity contribution in [2.45, 2.75) is 108 Å². The average molecular weight is 914 g/mol. The summed E-state index contributed by atoms with van der Waals surface area (Å²) in [6, 6.07) is 6.31. The van der Waals surface area contributed by atoms with Gasteiger partial charge in [0.05, 0.1) is 11.4 Å². The van der Waals surface area contributed by atoms with Gasteiger partial charge in [0.2, 0.25) is 6.41 Å². The number of amides is 3. The van der Waals surface area contributed by atoms with Crippen molar-refractivity contribution in [3.63, 3.8) is 0 Å². The molecule has 0 saturated heterocycles. The number of thioether (sulfide) groups is 2. The fourth-order valence-electron chi connectivity index (χ4n) is 5.38. The first kappa shape index (κ1) is 57.1. The Bertz CT molecular complexity index is 1910. The molecule has 13 nitrogen and oxygen atoms in total. The van der Waals surface area contributed by atoms with Crippen LogP contribution in [0.5, 0.6) is 0 Å². The van der Waals surface area contributed by atoms with Crippen LogP contribution < -0.4 is 27.4 Å². The number of hydrogen-bond acceptors (Lipinski definition) is 11. The molecule has 8 N–H and O–H groups in total. The molecule has 0 saturated carbocycles. The molecule has 62 heavy (non-hydrogen) atoms. The highest BCUT2D eigenvalue weighted by Crippen LogP contribution is 2.39. The maximum Gasteiger partial charge on any atom is 0.275 e. The Morgan fingerprint density at radius 3 is 1.81 bits per heavy atom. The molecule has 3 aromatic rings. The number of Topliss-reactive ketones (excluding diaryl/α,β-unsaturated/α-hetero) is 1. The van der Waals surface area contributed by atoms with E-state index in [2.05, 4.69) is 43.4 Å². The number of aliphatic imine (C=N–C) groups is 1. The Kier molecular flexibility index (Phi) is 27.7. The molecule has 0 bridgehead atoms. The van der Waals surface area contributed by atoms with E-state index in [1.165, 1.54) is 47.8 Å². The van der Waals surface area contributed by atoms with Gasteiger partial charge in [0.25, 0.3) is 29.7 Å². The predicted molar refractivity (Wildman–Crippen MR) is 241 cm³/mol. The lowest BCUT2D eigenvalue weighted by molar-refractivity contribution is -0.118. The van der Waals surface area contributed by atoms with Crippen LogP contribution in [0.1, 0.15) is 116 Å². The number of hydrogen-bond donors (Lipinski definition) is 6. The summed E-state index contributed by atoms with van der Waals surface area (Å²) < 4.78 is 70.2. The highest BCUT2D eigenvalue weighted by Gasteiger charge is 2.29. The molecule has 0 aliphatic carbocycles. The number of ketones is 1. The number of benzene rings is 2. The second-order valence-corrected chi connectivity index (χ2v) is 15.8. The topological polar surface area (TPSA) is 218 Å². The van der Waals surface area contributed by atoms with Gasteiger partial charge in [0, 0.05) is 60.2 Å². The fraction of sp³-hybridized carbons (Fsp3) is 0.476. The molecule has 0 unspecified atom stereocenters. The summed E-state index contributed by atoms with van der Waals surface area (Å²) in [4.78, 5) is 58.6. The molecule has 3 rings (SSSR count). The van der Waals surface area contributed by atoms with E-state index in [9.17, 15) is 36.3 Å². The Morgan fingerprint density at radius 1 is 0.839 bits per heavy atom. The van der Waals surface area contributed by atoms with Crippen molar-refractivity contribution in [1.82, 2.24) is 15.3 Å². The molecule has 344 valence electrons. The van der Waals surface area contributed by atoms with Crippen LogP contribution in [0.2, 0.25) is 0 Å². The molecular weight excluding hydrogens is 854 g/mol. The lowest BCUT2D eigenvalue weighted by Crippen LogP contribution is -2.20. The third-order valence-electron chi connectivity index (χ3n) is 8.30. The molecule has 1 aromatic heterocycles. The maximum absolute atomic E-state index is 14.5. The lowest BCUT2D eigenvalue weighted by atomic mass is 10.0. The summed E-state index contributed by atoms with van der Waals surface area (Å²) in [5, 5.41) is 13.8. The van der Waals surface area contributed by atoms with Gasteiger partial charge in [-0.3, -0.25) is 19.2 Å². The van der Waals surface area contributed by atoms with Crippen LogP contribution in [-0.4, -0.2) is 78.4 Å². The molecule has 20 heteroatoms. The smallest absolute Gasteiger partial charge is 0.275 e. The minimum atomic E-state index is -3.22. The highest BCUT2D eigenvalue weighted by molar-refractivity contribution is 7.99. The lowest BCUT2D eigenvalue weighted by Gasteiger charge is -2.20. The number of aromatic nitrogens is 2. The second-order valence-electron chi connectivity index (χ2n) is 13.3. The summed E-state index contributed by atoms with van der Waals surface area (Å²) >= 11 is 2.73.